The van der Waals surface area contributed by atoms with E-state index in [2.05, 4.69) is 12.5 Å². The molecule has 3 heteroatoms. The van der Waals surface area contributed by atoms with Gasteiger partial charge in [-0.2, -0.15) is 0 Å². The molecule has 2 nitrogen and oxygen atoms in total. The monoisotopic (exact) mass is 239 g/mol. The summed E-state index contributed by atoms with van der Waals surface area (Å²) in [5.74, 6) is 2.58. The molecule has 0 fully saturated rings. The molecule has 0 heterocycles. The van der Waals surface area contributed by atoms with Crippen LogP contribution in [0.25, 0.3) is 11.1 Å². The van der Waals surface area contributed by atoms with E-state index in [1.54, 1.807) is 24.3 Å². The normalized spacial score (nSPS) is 8.39. The highest BCUT2D eigenvalue weighted by atomic mass is 19.1. The molecular weight excluding hydrogens is 229 g/mol. The van der Waals surface area contributed by atoms with Gasteiger partial charge in [0.15, 0.2) is 0 Å². The highest BCUT2D eigenvalue weighted by Gasteiger charge is 1.97. The van der Waals surface area contributed by atoms with E-state index in [0.717, 1.165) is 11.1 Å². The molecule has 0 bridgehead atoms. The van der Waals surface area contributed by atoms with Crippen molar-refractivity contribution >= 4 is 0 Å². The van der Waals surface area contributed by atoms with Crippen LogP contribution in [-0.2, 0) is 0 Å². The van der Waals surface area contributed by atoms with E-state index in [0.29, 0.717) is 5.56 Å². The van der Waals surface area contributed by atoms with Gasteiger partial charge in [0.25, 0.3) is 0 Å². The summed E-state index contributed by atoms with van der Waals surface area (Å²) in [7, 11) is 0. The van der Waals surface area contributed by atoms with Gasteiger partial charge in [-0.25, -0.2) is 5.26 Å². The lowest BCUT2D eigenvalue weighted by molar-refractivity contribution is 0.475. The molecule has 2 rings (SSSR count). The summed E-state index contributed by atoms with van der Waals surface area (Å²) >= 11 is 0. The van der Waals surface area contributed by atoms with Crippen molar-refractivity contribution in [3.8, 4) is 35.5 Å². The van der Waals surface area contributed by atoms with Crippen LogP contribution in [0.5, 0.6) is 5.75 Å². The first-order chi connectivity index (χ1) is 8.79. The van der Waals surface area contributed by atoms with Crippen LogP contribution in [0.3, 0.4) is 0 Å². The van der Waals surface area contributed by atoms with Crippen molar-refractivity contribution in [1.82, 2.24) is 0 Å². The summed E-state index contributed by atoms with van der Waals surface area (Å²) in [4.78, 5) is 0. The van der Waals surface area contributed by atoms with E-state index >= 15 is 0 Å². The quantitative estimate of drug-likeness (QED) is 0.774. The average Bonchev–Trinajstić information content (AvgIpc) is 2.43. The van der Waals surface area contributed by atoms with Gasteiger partial charge in [-0.15, -0.1) is 4.39 Å². The number of nitrogens with zero attached hydrogens (tertiary/aromatic N) is 1. The molecule has 2 aromatic rings. The molecule has 0 atom stereocenters. The first-order valence-electron chi connectivity index (χ1n) is 5.06. The zero-order chi connectivity index (χ0) is 13.4. The Labute approximate surface area is 105 Å². The Bertz CT molecular complexity index is 574. The second kappa shape index (κ2) is 6.73. The minimum atomic E-state index is 0.240. The molecule has 1 N–H and O–H groups in total. The summed E-state index contributed by atoms with van der Waals surface area (Å²) in [5.41, 5.74) is 2.65. The predicted octanol–water partition coefficient (Wildman–Crippen LogP) is 3.48. The van der Waals surface area contributed by atoms with Crippen LogP contribution in [0.15, 0.2) is 48.5 Å². The molecule has 88 valence electrons. The Hall–Kier alpha value is -2.78. The van der Waals surface area contributed by atoms with Crippen molar-refractivity contribution in [2.75, 3.05) is 0 Å². The van der Waals surface area contributed by atoms with Gasteiger partial charge in [0, 0.05) is 12.1 Å². The third-order valence-corrected chi connectivity index (χ3v) is 2.28. The number of rotatable bonds is 1. The Morgan fingerprint density at radius 2 is 1.33 bits per heavy atom. The molecule has 0 aliphatic heterocycles. The Morgan fingerprint density at radius 3 is 1.78 bits per heavy atom. The van der Waals surface area contributed by atoms with Crippen molar-refractivity contribution in [3.63, 3.8) is 0 Å². The van der Waals surface area contributed by atoms with Crippen LogP contribution >= 0.6 is 0 Å². The molecule has 18 heavy (non-hydrogen) atoms. The molecule has 0 aliphatic carbocycles. The highest BCUT2D eigenvalue weighted by molar-refractivity contribution is 5.64. The molecule has 2 aromatic carbocycles. The fourth-order valence-electron chi connectivity index (χ4n) is 1.45. The fourth-order valence-corrected chi connectivity index (χ4v) is 1.45. The van der Waals surface area contributed by atoms with Crippen LogP contribution in [-0.4, -0.2) is 5.11 Å². The SMILES string of the molecule is C#N.Oc1ccc(-c2ccc(C#CF)cc2)cc1. The Balaban J connectivity index is 0.000000771. The van der Waals surface area contributed by atoms with E-state index in [1.165, 1.54) is 6.17 Å². The molecule has 0 saturated carbocycles. The standard InChI is InChI=1S/C14H9FO.CHN/c15-10-9-11-1-3-12(4-2-11)13-5-7-14(16)8-6-13;1-2/h1-8,16H;1H. The molecule has 0 radical (unpaired) electrons. The van der Waals surface area contributed by atoms with Crippen LogP contribution in [0, 0.1) is 23.9 Å². The number of halogens is 1. The number of aromatic hydroxyl groups is 1. The number of hydrogen-bond acceptors (Lipinski definition) is 2. The molecule has 0 aromatic heterocycles. The van der Waals surface area contributed by atoms with Gasteiger partial charge in [0.2, 0.25) is 0 Å². The Morgan fingerprint density at radius 1 is 0.889 bits per heavy atom. The maximum Gasteiger partial charge on any atom is 0.115 e. The summed E-state index contributed by atoms with van der Waals surface area (Å²) in [6.45, 7) is 3.50. The van der Waals surface area contributed by atoms with Crippen molar-refractivity contribution < 1.29 is 9.50 Å². The smallest absolute Gasteiger partial charge is 0.115 e. The molecule has 0 unspecified atom stereocenters. The van der Waals surface area contributed by atoms with Crippen molar-refractivity contribution in [2.45, 2.75) is 0 Å². The predicted molar refractivity (Wildman–Crippen MR) is 68.2 cm³/mol. The third kappa shape index (κ3) is 3.37. The molecular formula is C15H10FNO. The van der Waals surface area contributed by atoms with Gasteiger partial charge in [-0.3, -0.25) is 0 Å². The van der Waals surface area contributed by atoms with Gasteiger partial charge in [0.1, 0.15) is 11.9 Å². The van der Waals surface area contributed by atoms with Crippen LogP contribution in [0.4, 0.5) is 4.39 Å². The van der Waals surface area contributed by atoms with E-state index in [9.17, 15) is 4.39 Å². The van der Waals surface area contributed by atoms with E-state index in [4.69, 9.17) is 10.4 Å². The highest BCUT2D eigenvalue weighted by Crippen LogP contribution is 2.21. The van der Waals surface area contributed by atoms with Crippen LogP contribution in [0.2, 0.25) is 0 Å². The lowest BCUT2D eigenvalue weighted by Crippen LogP contribution is -1.78. The Kier molecular flexibility index (Phi) is 4.97. The first-order valence-corrected chi connectivity index (χ1v) is 5.06. The minimum absolute atomic E-state index is 0.240. The molecule has 0 amide bonds. The molecule has 0 spiro atoms. The van der Waals surface area contributed by atoms with E-state index < -0.39 is 0 Å². The zero-order valence-electron chi connectivity index (χ0n) is 9.47. The zero-order valence-corrected chi connectivity index (χ0v) is 9.47. The number of nitriles is 1. The maximum atomic E-state index is 11.8. The van der Waals surface area contributed by atoms with E-state index in [-0.39, 0.29) is 5.75 Å². The van der Waals surface area contributed by atoms with Crippen molar-refractivity contribution in [3.05, 3.63) is 54.1 Å². The van der Waals surface area contributed by atoms with Gasteiger partial charge < -0.3 is 5.11 Å². The lowest BCUT2D eigenvalue weighted by atomic mass is 10.0. The summed E-state index contributed by atoms with van der Waals surface area (Å²) in [6, 6.07) is 14.2. The number of phenolic OH excluding ortho intramolecular Hbond substituents is 1. The van der Waals surface area contributed by atoms with Crippen LogP contribution < -0.4 is 0 Å². The lowest BCUT2D eigenvalue weighted by Gasteiger charge is -2.01. The minimum Gasteiger partial charge on any atom is -0.508 e. The summed E-state index contributed by atoms with van der Waals surface area (Å²) in [5, 5.41) is 15.7. The third-order valence-electron chi connectivity index (χ3n) is 2.28. The average molecular weight is 239 g/mol. The van der Waals surface area contributed by atoms with Crippen molar-refractivity contribution in [2.24, 2.45) is 0 Å². The summed E-state index contributed by atoms with van der Waals surface area (Å²) < 4.78 is 11.8. The maximum absolute atomic E-state index is 11.8. The van der Waals surface area contributed by atoms with E-state index in [1.807, 2.05) is 24.3 Å². The molecule has 0 aliphatic rings. The van der Waals surface area contributed by atoms with Gasteiger partial charge in [0.05, 0.1) is 0 Å². The second-order valence-electron chi connectivity index (χ2n) is 3.34. The number of phenols is 1. The second-order valence-corrected chi connectivity index (χ2v) is 3.34. The fraction of sp³-hybridized carbons (Fsp3) is 0. The van der Waals surface area contributed by atoms with Crippen molar-refractivity contribution in [1.29, 1.82) is 5.26 Å². The first kappa shape index (κ1) is 13.3. The topological polar surface area (TPSA) is 44.0 Å². The van der Waals surface area contributed by atoms with Gasteiger partial charge >= 0.3 is 0 Å². The number of benzene rings is 2. The van der Waals surface area contributed by atoms with Gasteiger partial charge in [-0.05, 0) is 41.3 Å². The number of hydrogen-bond donors (Lipinski definition) is 1. The largest absolute Gasteiger partial charge is 0.508 e. The van der Waals surface area contributed by atoms with Crippen LogP contribution in [0.1, 0.15) is 5.56 Å². The summed E-state index contributed by atoms with van der Waals surface area (Å²) in [6.07, 6.45) is 1.37. The molecule has 0 saturated heterocycles. The van der Waals surface area contributed by atoms with Gasteiger partial charge in [-0.1, -0.05) is 24.3 Å².